The normalized spacial score (nSPS) is 14.3. The topological polar surface area (TPSA) is 88.3 Å². The van der Waals surface area contributed by atoms with E-state index in [4.69, 9.17) is 5.73 Å². The number of aryl methyl sites for hydroxylation is 1. The second-order valence-electron chi connectivity index (χ2n) is 4.47. The van der Waals surface area contributed by atoms with E-state index in [2.05, 4.69) is 10.3 Å². The molecule has 7 heteroatoms. The first kappa shape index (κ1) is 12.8. The summed E-state index contributed by atoms with van der Waals surface area (Å²) in [5.74, 6) is -0.337. The minimum atomic E-state index is -0.215. The minimum absolute atomic E-state index is 0.0621. The SMILES string of the molecule is Cc1nc(N)sc1C(=O)N(C)CC(=O)NC1CC1. The van der Waals surface area contributed by atoms with Gasteiger partial charge in [0.1, 0.15) is 4.88 Å². The number of amides is 2. The Morgan fingerprint density at radius 1 is 1.56 bits per heavy atom. The Labute approximate surface area is 109 Å². The average molecular weight is 268 g/mol. The number of aromatic nitrogens is 1. The number of nitrogens with zero attached hydrogens (tertiary/aromatic N) is 2. The van der Waals surface area contributed by atoms with Gasteiger partial charge in [-0.25, -0.2) is 4.98 Å². The van der Waals surface area contributed by atoms with Crippen LogP contribution in [0.5, 0.6) is 0 Å². The van der Waals surface area contributed by atoms with Crippen molar-refractivity contribution in [1.82, 2.24) is 15.2 Å². The molecule has 0 aromatic carbocycles. The molecule has 0 bridgehead atoms. The monoisotopic (exact) mass is 268 g/mol. The van der Waals surface area contributed by atoms with E-state index in [9.17, 15) is 9.59 Å². The van der Waals surface area contributed by atoms with Crippen LogP contribution in [0, 0.1) is 6.92 Å². The lowest BCUT2D eigenvalue weighted by atomic mass is 10.3. The van der Waals surface area contributed by atoms with E-state index in [-0.39, 0.29) is 18.4 Å². The fourth-order valence-corrected chi connectivity index (χ4v) is 2.41. The van der Waals surface area contributed by atoms with Crippen LogP contribution in [0.1, 0.15) is 28.2 Å². The zero-order valence-electron chi connectivity index (χ0n) is 10.4. The number of nitrogens with two attached hydrogens (primary N) is 1. The molecular weight excluding hydrogens is 252 g/mol. The molecular formula is C11H16N4O2S. The maximum Gasteiger partial charge on any atom is 0.266 e. The van der Waals surface area contributed by atoms with Crippen LogP contribution >= 0.6 is 11.3 Å². The van der Waals surface area contributed by atoms with Crippen LogP contribution in [0.25, 0.3) is 0 Å². The van der Waals surface area contributed by atoms with Crippen molar-refractivity contribution in [2.24, 2.45) is 0 Å². The van der Waals surface area contributed by atoms with E-state index in [1.165, 1.54) is 4.90 Å². The van der Waals surface area contributed by atoms with Gasteiger partial charge in [0.2, 0.25) is 5.91 Å². The fourth-order valence-electron chi connectivity index (χ4n) is 1.58. The highest BCUT2D eigenvalue weighted by molar-refractivity contribution is 7.17. The summed E-state index contributed by atoms with van der Waals surface area (Å²) in [4.78, 5) is 29.5. The predicted molar refractivity (Wildman–Crippen MR) is 69.4 cm³/mol. The Balaban J connectivity index is 1.95. The number of hydrogen-bond acceptors (Lipinski definition) is 5. The molecule has 0 atom stereocenters. The Bertz CT molecular complexity index is 481. The molecule has 0 radical (unpaired) electrons. The summed E-state index contributed by atoms with van der Waals surface area (Å²) < 4.78 is 0. The largest absolute Gasteiger partial charge is 0.375 e. The maximum absolute atomic E-state index is 12.1. The highest BCUT2D eigenvalue weighted by Crippen LogP contribution is 2.21. The van der Waals surface area contributed by atoms with Gasteiger partial charge in [0.25, 0.3) is 5.91 Å². The number of nitrogens with one attached hydrogen (secondary N) is 1. The van der Waals surface area contributed by atoms with Crippen LogP contribution in [-0.4, -0.2) is 41.3 Å². The first-order chi connectivity index (χ1) is 8.47. The number of rotatable bonds is 4. The van der Waals surface area contributed by atoms with Crippen molar-refractivity contribution >= 4 is 28.3 Å². The van der Waals surface area contributed by atoms with Gasteiger partial charge in [0.05, 0.1) is 12.2 Å². The number of likely N-dealkylation sites (N-methyl/N-ethyl adjacent to an activating group) is 1. The molecule has 0 saturated heterocycles. The molecule has 3 N–H and O–H groups in total. The smallest absolute Gasteiger partial charge is 0.266 e. The first-order valence-electron chi connectivity index (χ1n) is 5.75. The fraction of sp³-hybridized carbons (Fsp3) is 0.545. The lowest BCUT2D eigenvalue weighted by Gasteiger charge is -2.15. The van der Waals surface area contributed by atoms with Gasteiger partial charge >= 0.3 is 0 Å². The molecule has 1 aliphatic rings. The van der Waals surface area contributed by atoms with Crippen LogP contribution in [0.4, 0.5) is 5.13 Å². The van der Waals surface area contributed by atoms with Crippen LogP contribution in [0.2, 0.25) is 0 Å². The van der Waals surface area contributed by atoms with Crippen LogP contribution in [0.15, 0.2) is 0 Å². The Morgan fingerprint density at radius 3 is 2.72 bits per heavy atom. The Kier molecular flexibility index (Phi) is 3.51. The second-order valence-corrected chi connectivity index (χ2v) is 5.50. The molecule has 0 unspecified atom stereocenters. The maximum atomic E-state index is 12.1. The summed E-state index contributed by atoms with van der Waals surface area (Å²) in [6.07, 6.45) is 2.07. The summed E-state index contributed by atoms with van der Waals surface area (Å²) in [6.45, 7) is 1.80. The molecule has 2 amide bonds. The molecule has 1 aromatic rings. The third-order valence-corrected chi connectivity index (χ3v) is 3.65. The third-order valence-electron chi connectivity index (χ3n) is 2.68. The summed E-state index contributed by atoms with van der Waals surface area (Å²) in [6, 6.07) is 0.307. The van der Waals surface area contributed by atoms with Gasteiger partial charge < -0.3 is 16.0 Å². The zero-order chi connectivity index (χ0) is 13.3. The zero-order valence-corrected chi connectivity index (χ0v) is 11.2. The van der Waals surface area contributed by atoms with E-state index in [1.807, 2.05) is 0 Å². The van der Waals surface area contributed by atoms with Gasteiger partial charge in [-0.2, -0.15) is 0 Å². The Hall–Kier alpha value is -1.63. The quantitative estimate of drug-likeness (QED) is 0.826. The van der Waals surface area contributed by atoms with Gasteiger partial charge in [0, 0.05) is 13.1 Å². The van der Waals surface area contributed by atoms with Crippen LogP contribution in [-0.2, 0) is 4.79 Å². The summed E-state index contributed by atoms with van der Waals surface area (Å²) in [7, 11) is 1.60. The van der Waals surface area contributed by atoms with Gasteiger partial charge in [0.15, 0.2) is 5.13 Å². The number of nitrogen functional groups attached to an aromatic ring is 1. The van der Waals surface area contributed by atoms with E-state index in [0.717, 1.165) is 24.2 Å². The lowest BCUT2D eigenvalue weighted by molar-refractivity contribution is -0.121. The molecule has 2 rings (SSSR count). The average Bonchev–Trinajstić information content (AvgIpc) is 3.01. The Morgan fingerprint density at radius 2 is 2.22 bits per heavy atom. The standard InChI is InChI=1S/C11H16N4O2S/c1-6-9(18-11(12)13-6)10(17)15(2)5-8(16)14-7-3-4-7/h7H,3-5H2,1-2H3,(H2,12,13)(H,14,16). The van der Waals surface area contributed by atoms with E-state index >= 15 is 0 Å². The van der Waals surface area contributed by atoms with Crippen molar-refractivity contribution in [3.05, 3.63) is 10.6 Å². The molecule has 1 saturated carbocycles. The predicted octanol–water partition coefficient (Wildman–Crippen LogP) is 0.384. The number of thiazole rings is 1. The molecule has 1 heterocycles. The third kappa shape index (κ3) is 2.98. The van der Waals surface area contributed by atoms with Crippen molar-refractivity contribution < 1.29 is 9.59 Å². The van der Waals surface area contributed by atoms with Crippen molar-refractivity contribution in [1.29, 1.82) is 0 Å². The van der Waals surface area contributed by atoms with Gasteiger partial charge in [-0.1, -0.05) is 11.3 Å². The summed E-state index contributed by atoms with van der Waals surface area (Å²) in [5, 5.41) is 3.21. The second kappa shape index (κ2) is 4.93. The summed E-state index contributed by atoms with van der Waals surface area (Å²) >= 11 is 1.15. The molecule has 1 aromatic heterocycles. The molecule has 1 aliphatic carbocycles. The highest BCUT2D eigenvalue weighted by atomic mass is 32.1. The van der Waals surface area contributed by atoms with Gasteiger partial charge in [-0.05, 0) is 19.8 Å². The van der Waals surface area contributed by atoms with Crippen molar-refractivity contribution in [3.8, 4) is 0 Å². The van der Waals surface area contributed by atoms with Crippen molar-refractivity contribution in [2.75, 3.05) is 19.3 Å². The highest BCUT2D eigenvalue weighted by Gasteiger charge is 2.25. The number of carbonyl (C=O) groups is 2. The van der Waals surface area contributed by atoms with E-state index in [0.29, 0.717) is 21.7 Å². The van der Waals surface area contributed by atoms with Crippen molar-refractivity contribution in [3.63, 3.8) is 0 Å². The lowest BCUT2D eigenvalue weighted by Crippen LogP contribution is -2.39. The van der Waals surface area contributed by atoms with Crippen LogP contribution < -0.4 is 11.1 Å². The number of hydrogen-bond donors (Lipinski definition) is 2. The number of anilines is 1. The molecule has 98 valence electrons. The molecule has 0 aliphatic heterocycles. The first-order valence-corrected chi connectivity index (χ1v) is 6.56. The van der Waals surface area contributed by atoms with E-state index < -0.39 is 0 Å². The molecule has 1 fully saturated rings. The van der Waals surface area contributed by atoms with Gasteiger partial charge in [-0.15, -0.1) is 0 Å². The van der Waals surface area contributed by atoms with Gasteiger partial charge in [-0.3, -0.25) is 9.59 Å². The van der Waals surface area contributed by atoms with E-state index in [1.54, 1.807) is 14.0 Å². The molecule has 18 heavy (non-hydrogen) atoms. The van der Waals surface area contributed by atoms with Crippen LogP contribution in [0.3, 0.4) is 0 Å². The minimum Gasteiger partial charge on any atom is -0.375 e. The van der Waals surface area contributed by atoms with Crippen molar-refractivity contribution in [2.45, 2.75) is 25.8 Å². The molecule has 6 nitrogen and oxygen atoms in total. The summed E-state index contributed by atoms with van der Waals surface area (Å²) in [5.41, 5.74) is 6.16. The molecule has 0 spiro atoms. The number of carbonyl (C=O) groups excluding carboxylic acids is 2.